The van der Waals surface area contributed by atoms with Gasteiger partial charge in [-0.15, -0.1) is 17.8 Å². The van der Waals surface area contributed by atoms with Crippen LogP contribution in [-0.4, -0.2) is 116 Å². The van der Waals surface area contributed by atoms with Crippen LogP contribution in [0.2, 0.25) is 0 Å². The molecule has 0 saturated carbocycles. The van der Waals surface area contributed by atoms with E-state index in [4.69, 9.17) is 53.5 Å². The minimum Gasteiger partial charge on any atom is -0.397 e. The number of carbonyl (C=O) groups is 1. The SMILES string of the molecule is C#C[C@]1(OC)[C@H](c2csc(C(N)=O)c2N)O[C@](C)(COP(O)(=S)OP(=O)(O)OC2OC([C@@H](F)CO)C(O)C(O)C2O)[C@H]1O. The minimum atomic E-state index is -5.55. The number of phosphoric acid groups is 1. The molecule has 2 saturated heterocycles. The van der Waals surface area contributed by atoms with Crippen molar-refractivity contribution in [1.82, 2.24) is 0 Å². The van der Waals surface area contributed by atoms with E-state index in [9.17, 15) is 44.0 Å². The number of aliphatic hydroxyl groups excluding tert-OH is 5. The predicted octanol–water partition coefficient (Wildman–Crippen LogP) is -1.86. The summed E-state index contributed by atoms with van der Waals surface area (Å²) in [6.07, 6.45) is -10.4. The number of thiophene rings is 1. The quantitative estimate of drug-likeness (QED) is 0.0856. The molecule has 11 N–H and O–H groups in total. The topological polar surface area (TPSA) is 283 Å². The van der Waals surface area contributed by atoms with Crippen LogP contribution in [0.4, 0.5) is 10.1 Å². The normalized spacial score (nSPS) is 38.1. The number of nitrogens with two attached hydrogens (primary N) is 2. The highest BCUT2D eigenvalue weighted by atomic mass is 32.5. The van der Waals surface area contributed by atoms with E-state index in [-0.39, 0.29) is 16.1 Å². The molecule has 2 fully saturated rings. The summed E-state index contributed by atoms with van der Waals surface area (Å²) in [7, 11) is -4.39. The Labute approximate surface area is 252 Å². The van der Waals surface area contributed by atoms with E-state index in [1.165, 1.54) is 12.3 Å². The Hall–Kier alpha value is -1.18. The number of nitrogen functional groups attached to an aromatic ring is 1. The van der Waals surface area contributed by atoms with E-state index >= 15 is 0 Å². The van der Waals surface area contributed by atoms with E-state index in [0.717, 1.165) is 18.4 Å². The van der Waals surface area contributed by atoms with Gasteiger partial charge in [0.1, 0.15) is 47.1 Å². The highest BCUT2D eigenvalue weighted by molar-refractivity contribution is 8.08. The van der Waals surface area contributed by atoms with Gasteiger partial charge in [-0.2, -0.15) is 0 Å². The largest absolute Gasteiger partial charge is 0.481 e. The van der Waals surface area contributed by atoms with E-state index in [0.29, 0.717) is 0 Å². The lowest BCUT2D eigenvalue weighted by Gasteiger charge is -2.41. The van der Waals surface area contributed by atoms with Crippen LogP contribution in [0.3, 0.4) is 0 Å². The fourth-order valence-electron chi connectivity index (χ4n) is 4.51. The van der Waals surface area contributed by atoms with Crippen LogP contribution in [-0.2, 0) is 43.9 Å². The Balaban J connectivity index is 1.77. The summed E-state index contributed by atoms with van der Waals surface area (Å²) in [6, 6.07) is 0. The van der Waals surface area contributed by atoms with Crippen LogP contribution in [0.15, 0.2) is 5.38 Å². The van der Waals surface area contributed by atoms with Gasteiger partial charge in [0, 0.05) is 12.7 Å². The first-order valence-electron chi connectivity index (χ1n) is 12.0. The summed E-state index contributed by atoms with van der Waals surface area (Å²) >= 11 is 5.66. The second-order valence-corrected chi connectivity index (χ2v) is 15.0. The maximum absolute atomic E-state index is 14.0. The number of alkyl halides is 1. The Morgan fingerprint density at radius 1 is 1.30 bits per heavy atom. The Morgan fingerprint density at radius 3 is 2.44 bits per heavy atom. The smallest absolute Gasteiger partial charge is 0.397 e. The molecule has 0 radical (unpaired) electrons. The summed E-state index contributed by atoms with van der Waals surface area (Å²) in [5.41, 5.74) is 7.63. The monoisotopic (exact) mass is 696 g/mol. The van der Waals surface area contributed by atoms with Crippen LogP contribution in [0.1, 0.15) is 28.3 Å². The van der Waals surface area contributed by atoms with Crippen LogP contribution >= 0.6 is 25.9 Å². The second-order valence-electron chi connectivity index (χ2n) is 9.69. The van der Waals surface area contributed by atoms with Crippen molar-refractivity contribution in [3.05, 3.63) is 15.8 Å². The standard InChI is InChI=1S/C21H31FN2O15P2S2/c1-4-21(34-3)16(8-6-43-15(10(8)23)17(24)29)37-20(2,19(21)30)7-35-41(33,42)39-40(31,32)38-18-13(28)11(26)12(27)14(36-18)9(22)5-25/h1,6,9,11-14,16,18-19,25-28,30H,5,7,23H2,2-3H3,(H2,24,29)(H,31,32)(H,33,42)/t9-,11?,12?,13?,14?,16-,18?,19+,20+,21-,41?/m0/s1. The van der Waals surface area contributed by atoms with Gasteiger partial charge in [0.15, 0.2) is 18.1 Å². The summed E-state index contributed by atoms with van der Waals surface area (Å²) in [5, 5.41) is 51.5. The van der Waals surface area contributed by atoms with Crippen molar-refractivity contribution < 1.29 is 76.6 Å². The van der Waals surface area contributed by atoms with Gasteiger partial charge < -0.3 is 65.5 Å². The summed E-state index contributed by atoms with van der Waals surface area (Å²) in [6.45, 7) is -5.57. The van der Waals surface area contributed by atoms with E-state index in [1.54, 1.807) is 0 Å². The average molecular weight is 697 g/mol. The molecule has 12 atom stereocenters. The number of hydrogen-bond donors (Lipinski definition) is 9. The molecule has 0 spiro atoms. The molecule has 3 rings (SSSR count). The molecule has 1 aromatic rings. The molecule has 7 unspecified atom stereocenters. The fourth-order valence-corrected chi connectivity index (χ4v) is 8.52. The van der Waals surface area contributed by atoms with E-state index in [2.05, 4.69) is 14.8 Å². The summed E-state index contributed by atoms with van der Waals surface area (Å²) < 4.78 is 57.2. The fraction of sp³-hybridized carbons (Fsp3) is 0.667. The average Bonchev–Trinajstić information content (AvgIpc) is 3.41. The van der Waals surface area contributed by atoms with Crippen LogP contribution in [0.25, 0.3) is 0 Å². The third-order valence-corrected chi connectivity index (χ3v) is 11.3. The number of rotatable bonds is 12. The zero-order valence-electron chi connectivity index (χ0n) is 22.3. The number of aliphatic hydroxyl groups is 5. The number of methoxy groups -OCH3 is 1. The molecule has 244 valence electrons. The van der Waals surface area contributed by atoms with Crippen molar-refractivity contribution in [3.63, 3.8) is 0 Å². The van der Waals surface area contributed by atoms with E-state index < -0.39 is 93.9 Å². The molecule has 0 bridgehead atoms. The molecule has 0 aliphatic carbocycles. The zero-order chi connectivity index (χ0) is 32.7. The molecule has 2 aliphatic heterocycles. The lowest BCUT2D eigenvalue weighted by Crippen LogP contribution is -2.60. The van der Waals surface area contributed by atoms with Gasteiger partial charge in [0.2, 0.25) is 0 Å². The predicted molar refractivity (Wildman–Crippen MR) is 147 cm³/mol. The summed E-state index contributed by atoms with van der Waals surface area (Å²) in [4.78, 5) is 32.4. The first-order valence-corrected chi connectivity index (χ1v) is 17.0. The van der Waals surface area contributed by atoms with Crippen LogP contribution in [0, 0.1) is 12.3 Å². The molecule has 3 heterocycles. The van der Waals surface area contributed by atoms with Crippen molar-refractivity contribution in [1.29, 1.82) is 0 Å². The number of terminal acetylenes is 1. The third kappa shape index (κ3) is 7.14. The van der Waals surface area contributed by atoms with Gasteiger partial charge in [0.25, 0.3) is 5.91 Å². The van der Waals surface area contributed by atoms with E-state index in [1.807, 2.05) is 0 Å². The van der Waals surface area contributed by atoms with Crippen LogP contribution < -0.4 is 11.5 Å². The Kier molecular flexibility index (Phi) is 11.2. The number of halogens is 1. The highest BCUT2D eigenvalue weighted by Crippen LogP contribution is 2.62. The highest BCUT2D eigenvalue weighted by Gasteiger charge is 2.63. The number of carbonyl (C=O) groups excluding carboxylic acids is 1. The van der Waals surface area contributed by atoms with Crippen molar-refractivity contribution in [2.75, 3.05) is 26.1 Å². The van der Waals surface area contributed by atoms with Gasteiger partial charge in [-0.25, -0.2) is 13.3 Å². The van der Waals surface area contributed by atoms with Gasteiger partial charge in [-0.3, -0.25) is 9.32 Å². The van der Waals surface area contributed by atoms with Crippen molar-refractivity contribution in [2.45, 2.75) is 67.2 Å². The number of anilines is 1. The minimum absolute atomic E-state index is 0.0169. The molecule has 43 heavy (non-hydrogen) atoms. The van der Waals surface area contributed by atoms with Crippen molar-refractivity contribution in [2.24, 2.45) is 5.73 Å². The number of primary amides is 1. The first kappa shape index (κ1) is 36.3. The molecule has 1 amide bonds. The maximum Gasteiger partial charge on any atom is 0.481 e. The molecule has 22 heteroatoms. The second kappa shape index (κ2) is 13.3. The van der Waals surface area contributed by atoms with Gasteiger partial charge in [-0.05, 0) is 24.1 Å². The molecule has 2 aliphatic rings. The first-order chi connectivity index (χ1) is 19.8. The number of phosphoric ester groups is 1. The van der Waals surface area contributed by atoms with Gasteiger partial charge in [-0.1, -0.05) is 5.92 Å². The van der Waals surface area contributed by atoms with Crippen molar-refractivity contribution in [3.8, 4) is 12.3 Å². The van der Waals surface area contributed by atoms with Crippen molar-refractivity contribution >= 4 is 49.3 Å². The molecular weight excluding hydrogens is 665 g/mol. The molecule has 1 aromatic heterocycles. The Morgan fingerprint density at radius 2 is 1.93 bits per heavy atom. The molecular formula is C21H31FN2O15P2S2. The van der Waals surface area contributed by atoms with Crippen LogP contribution in [0.5, 0.6) is 0 Å². The van der Waals surface area contributed by atoms with Gasteiger partial charge in [0.05, 0.1) is 18.9 Å². The molecule has 17 nitrogen and oxygen atoms in total. The third-order valence-electron chi connectivity index (χ3n) is 6.79. The number of hydrogen-bond acceptors (Lipinski definition) is 16. The number of ether oxygens (including phenoxy) is 3. The maximum atomic E-state index is 14.0. The molecule has 0 aromatic carbocycles. The Bertz CT molecular complexity index is 1330. The summed E-state index contributed by atoms with van der Waals surface area (Å²) in [5.74, 6) is 1.47. The van der Waals surface area contributed by atoms with Gasteiger partial charge >= 0.3 is 14.5 Å². The lowest BCUT2D eigenvalue weighted by atomic mass is 9.83. The number of amides is 1. The lowest BCUT2D eigenvalue weighted by molar-refractivity contribution is -0.287. The zero-order valence-corrected chi connectivity index (χ0v) is 25.7.